The van der Waals surface area contributed by atoms with Crippen LogP contribution >= 0.6 is 11.6 Å². The lowest BCUT2D eigenvalue weighted by atomic mass is 10.1. The van der Waals surface area contributed by atoms with Crippen LogP contribution in [0.15, 0.2) is 42.5 Å². The second-order valence-corrected chi connectivity index (χ2v) is 5.83. The van der Waals surface area contributed by atoms with E-state index >= 15 is 0 Å². The van der Waals surface area contributed by atoms with Crippen molar-refractivity contribution < 1.29 is 19.1 Å². The Bertz CT molecular complexity index is 846. The van der Waals surface area contributed by atoms with Gasteiger partial charge in [-0.25, -0.2) is 0 Å². The van der Waals surface area contributed by atoms with Gasteiger partial charge in [0, 0.05) is 18.2 Å². The summed E-state index contributed by atoms with van der Waals surface area (Å²) in [6.45, 7) is 3.74. The fourth-order valence-electron chi connectivity index (χ4n) is 2.37. The molecule has 0 radical (unpaired) electrons. The highest BCUT2D eigenvalue weighted by Gasteiger charge is 2.11. The predicted molar refractivity (Wildman–Crippen MR) is 103 cm³/mol. The standard InChI is InChI=1S/C20H20ClNO4/c1-4-26-19-11-14(10-17(21)20(19)25-3)8-9-18(24)15-6-5-7-16(12-15)22-13(2)23/h5-12H,4H2,1-3H3,(H,22,23)/b9-8+. The molecule has 0 atom stereocenters. The first-order valence-corrected chi connectivity index (χ1v) is 8.42. The molecule has 0 bridgehead atoms. The Kier molecular flexibility index (Phi) is 6.81. The van der Waals surface area contributed by atoms with Crippen LogP contribution < -0.4 is 14.8 Å². The van der Waals surface area contributed by atoms with E-state index in [0.717, 1.165) is 0 Å². The first kappa shape index (κ1) is 19.5. The molecule has 2 aromatic rings. The third kappa shape index (κ3) is 5.10. The van der Waals surface area contributed by atoms with Crippen LogP contribution in [0.3, 0.4) is 0 Å². The van der Waals surface area contributed by atoms with Crippen LogP contribution in [-0.4, -0.2) is 25.4 Å². The minimum absolute atomic E-state index is 0.192. The minimum atomic E-state index is -0.193. The van der Waals surface area contributed by atoms with Crippen molar-refractivity contribution >= 4 is 35.1 Å². The molecular formula is C20H20ClNO4. The van der Waals surface area contributed by atoms with Crippen LogP contribution in [-0.2, 0) is 4.79 Å². The maximum absolute atomic E-state index is 12.4. The second-order valence-electron chi connectivity index (χ2n) is 5.43. The average molecular weight is 374 g/mol. The van der Waals surface area contributed by atoms with Crippen molar-refractivity contribution in [3.63, 3.8) is 0 Å². The molecule has 5 nitrogen and oxygen atoms in total. The fraction of sp³-hybridized carbons (Fsp3) is 0.200. The van der Waals surface area contributed by atoms with Crippen molar-refractivity contribution in [1.29, 1.82) is 0 Å². The highest BCUT2D eigenvalue weighted by molar-refractivity contribution is 6.32. The summed E-state index contributed by atoms with van der Waals surface area (Å²) in [5.74, 6) is 0.589. The van der Waals surface area contributed by atoms with Gasteiger partial charge in [0.05, 0.1) is 18.7 Å². The maximum atomic E-state index is 12.4. The second kappa shape index (κ2) is 9.06. The largest absolute Gasteiger partial charge is 0.491 e. The molecule has 0 aliphatic carbocycles. The van der Waals surface area contributed by atoms with Crippen LogP contribution in [0.5, 0.6) is 11.5 Å². The third-order valence-electron chi connectivity index (χ3n) is 3.43. The van der Waals surface area contributed by atoms with Gasteiger partial charge < -0.3 is 14.8 Å². The number of ether oxygens (including phenoxy) is 2. The van der Waals surface area contributed by atoms with Crippen molar-refractivity contribution in [3.8, 4) is 11.5 Å². The van der Waals surface area contributed by atoms with Gasteiger partial charge in [0.15, 0.2) is 17.3 Å². The van der Waals surface area contributed by atoms with E-state index in [1.54, 1.807) is 42.5 Å². The lowest BCUT2D eigenvalue weighted by Gasteiger charge is -2.11. The molecule has 1 amide bonds. The molecule has 6 heteroatoms. The number of allylic oxidation sites excluding steroid dienone is 1. The first-order chi connectivity index (χ1) is 12.4. The van der Waals surface area contributed by atoms with E-state index in [2.05, 4.69) is 5.32 Å². The molecule has 26 heavy (non-hydrogen) atoms. The molecule has 136 valence electrons. The number of hydrogen-bond acceptors (Lipinski definition) is 4. The van der Waals surface area contributed by atoms with Gasteiger partial charge in [-0.15, -0.1) is 0 Å². The zero-order valence-corrected chi connectivity index (χ0v) is 15.6. The number of nitrogens with one attached hydrogen (secondary N) is 1. The molecular weight excluding hydrogens is 354 g/mol. The molecule has 0 fully saturated rings. The monoisotopic (exact) mass is 373 g/mol. The van der Waals surface area contributed by atoms with Gasteiger partial charge in [-0.3, -0.25) is 9.59 Å². The first-order valence-electron chi connectivity index (χ1n) is 8.05. The van der Waals surface area contributed by atoms with Crippen molar-refractivity contribution in [2.75, 3.05) is 19.0 Å². The number of benzene rings is 2. The number of carbonyl (C=O) groups excluding carboxylic acids is 2. The molecule has 0 saturated carbocycles. The number of methoxy groups -OCH3 is 1. The SMILES string of the molecule is CCOc1cc(/C=C/C(=O)c2cccc(NC(C)=O)c2)cc(Cl)c1OC. The van der Waals surface area contributed by atoms with E-state index < -0.39 is 0 Å². The Labute approximate surface area is 157 Å². The van der Waals surface area contributed by atoms with Gasteiger partial charge >= 0.3 is 0 Å². The molecule has 2 aromatic carbocycles. The summed E-state index contributed by atoms with van der Waals surface area (Å²) in [6, 6.07) is 10.2. The summed E-state index contributed by atoms with van der Waals surface area (Å²) >= 11 is 6.21. The molecule has 0 unspecified atom stereocenters. The van der Waals surface area contributed by atoms with E-state index in [1.165, 1.54) is 20.1 Å². The lowest BCUT2D eigenvalue weighted by molar-refractivity contribution is -0.114. The summed E-state index contributed by atoms with van der Waals surface area (Å²) in [5.41, 5.74) is 1.76. The van der Waals surface area contributed by atoms with Crippen molar-refractivity contribution in [3.05, 3.63) is 58.6 Å². The molecule has 0 spiro atoms. The van der Waals surface area contributed by atoms with E-state index in [9.17, 15) is 9.59 Å². The van der Waals surface area contributed by atoms with Gasteiger partial charge in [0.2, 0.25) is 5.91 Å². The van der Waals surface area contributed by atoms with Crippen LogP contribution in [0.25, 0.3) is 6.08 Å². The van der Waals surface area contributed by atoms with Crippen LogP contribution in [0.4, 0.5) is 5.69 Å². The van der Waals surface area contributed by atoms with Gasteiger partial charge in [0.1, 0.15) is 0 Å². The third-order valence-corrected chi connectivity index (χ3v) is 3.71. The van der Waals surface area contributed by atoms with Gasteiger partial charge in [-0.05, 0) is 42.8 Å². The maximum Gasteiger partial charge on any atom is 0.221 e. The van der Waals surface area contributed by atoms with E-state index in [0.29, 0.717) is 39.9 Å². The summed E-state index contributed by atoms with van der Waals surface area (Å²) < 4.78 is 10.8. The lowest BCUT2D eigenvalue weighted by Crippen LogP contribution is -2.06. The van der Waals surface area contributed by atoms with Crippen LogP contribution in [0, 0.1) is 0 Å². The highest BCUT2D eigenvalue weighted by Crippen LogP contribution is 2.36. The molecule has 0 aromatic heterocycles. The van der Waals surface area contributed by atoms with Gasteiger partial charge in [-0.2, -0.15) is 0 Å². The molecule has 0 aliphatic heterocycles. The molecule has 0 saturated heterocycles. The predicted octanol–water partition coefficient (Wildman–Crippen LogP) is 4.60. The Morgan fingerprint density at radius 3 is 2.65 bits per heavy atom. The highest BCUT2D eigenvalue weighted by atomic mass is 35.5. The van der Waals surface area contributed by atoms with E-state index in [1.807, 2.05) is 6.92 Å². The molecule has 1 N–H and O–H groups in total. The number of carbonyl (C=O) groups is 2. The quantitative estimate of drug-likeness (QED) is 0.569. The molecule has 2 rings (SSSR count). The summed E-state index contributed by atoms with van der Waals surface area (Å²) in [7, 11) is 1.52. The zero-order valence-electron chi connectivity index (χ0n) is 14.8. The van der Waals surface area contributed by atoms with Gasteiger partial charge in [-0.1, -0.05) is 29.8 Å². The molecule has 0 aliphatic rings. The Balaban J connectivity index is 2.24. The Morgan fingerprint density at radius 2 is 2.00 bits per heavy atom. The van der Waals surface area contributed by atoms with E-state index in [4.69, 9.17) is 21.1 Å². The number of hydrogen-bond donors (Lipinski definition) is 1. The van der Waals surface area contributed by atoms with Crippen molar-refractivity contribution in [1.82, 2.24) is 0 Å². The Morgan fingerprint density at radius 1 is 1.23 bits per heavy atom. The Hall–Kier alpha value is -2.79. The summed E-state index contributed by atoms with van der Waals surface area (Å²) in [6.07, 6.45) is 3.10. The normalized spacial score (nSPS) is 10.6. The van der Waals surface area contributed by atoms with E-state index in [-0.39, 0.29) is 11.7 Å². The van der Waals surface area contributed by atoms with Crippen LogP contribution in [0.2, 0.25) is 5.02 Å². The molecule has 0 heterocycles. The number of anilines is 1. The summed E-state index contributed by atoms with van der Waals surface area (Å²) in [4.78, 5) is 23.5. The number of halogens is 1. The fourth-order valence-corrected chi connectivity index (χ4v) is 2.66. The smallest absolute Gasteiger partial charge is 0.221 e. The topological polar surface area (TPSA) is 64.6 Å². The average Bonchev–Trinajstić information content (AvgIpc) is 2.59. The zero-order chi connectivity index (χ0) is 19.1. The van der Waals surface area contributed by atoms with Crippen molar-refractivity contribution in [2.45, 2.75) is 13.8 Å². The van der Waals surface area contributed by atoms with Crippen LogP contribution in [0.1, 0.15) is 29.8 Å². The minimum Gasteiger partial charge on any atom is -0.491 e. The number of amides is 1. The number of ketones is 1. The van der Waals surface area contributed by atoms with Gasteiger partial charge in [0.25, 0.3) is 0 Å². The van der Waals surface area contributed by atoms with Crippen molar-refractivity contribution in [2.24, 2.45) is 0 Å². The summed E-state index contributed by atoms with van der Waals surface area (Å²) in [5, 5.41) is 3.05. The number of rotatable bonds is 7.